The summed E-state index contributed by atoms with van der Waals surface area (Å²) in [5.41, 5.74) is 10.6. The van der Waals surface area contributed by atoms with E-state index >= 15 is 0 Å². The third-order valence-electron chi connectivity index (χ3n) is 13.2. The van der Waals surface area contributed by atoms with Gasteiger partial charge in [-0.15, -0.1) is 11.3 Å². The number of likely N-dealkylation sites (N-methyl/N-ethyl adjacent to an activating group) is 1. The Morgan fingerprint density at radius 2 is 1.75 bits per heavy atom. The number of piperazine rings is 1. The molecule has 6 bridgehead atoms. The van der Waals surface area contributed by atoms with E-state index in [2.05, 4.69) is 77.2 Å². The highest BCUT2D eigenvalue weighted by molar-refractivity contribution is 7.60. The molecule has 4 aliphatic rings. The number of anilines is 1. The second-order valence-corrected chi connectivity index (χ2v) is 19.2. The van der Waals surface area contributed by atoms with Gasteiger partial charge >= 0.3 is 5.97 Å². The number of cyclic esters (lactones) is 1. The molecule has 2 saturated heterocycles. The molecule has 0 radical (unpaired) electrons. The van der Waals surface area contributed by atoms with Gasteiger partial charge in [-0.3, -0.25) is 24.4 Å². The van der Waals surface area contributed by atoms with E-state index < -0.39 is 35.5 Å². The molecule has 1 saturated carbocycles. The molecule has 22 heteroatoms. The second kappa shape index (κ2) is 27.1. The van der Waals surface area contributed by atoms with Gasteiger partial charge in [0.15, 0.2) is 0 Å². The van der Waals surface area contributed by atoms with E-state index in [1.807, 2.05) is 25.4 Å². The van der Waals surface area contributed by atoms with Gasteiger partial charge in [0.2, 0.25) is 5.91 Å². The summed E-state index contributed by atoms with van der Waals surface area (Å²) < 4.78 is 26.2. The summed E-state index contributed by atoms with van der Waals surface area (Å²) in [6, 6.07) is 6.92. The Morgan fingerprint density at radius 1 is 1.03 bits per heavy atom. The molecular formula is C47H76N8O7S7. The van der Waals surface area contributed by atoms with Crippen molar-refractivity contribution in [3.8, 4) is 22.5 Å². The maximum Gasteiger partial charge on any atom is 0.324 e. The van der Waals surface area contributed by atoms with Crippen LogP contribution in [0.5, 0.6) is 0 Å². The molecule has 3 aromatic heterocycles. The van der Waals surface area contributed by atoms with Crippen LogP contribution in [0.15, 0.2) is 35.8 Å². The molecule has 2 amide bonds. The molecule has 1 aromatic carbocycles. The molecule has 4 aromatic rings. The Hall–Kier alpha value is -2.35. The number of hydrazine groups is 1. The minimum absolute atomic E-state index is 0. The number of ether oxygens (including phenoxy) is 4. The fraction of sp³-hybridized carbons (Fsp3) is 0.596. The van der Waals surface area contributed by atoms with Crippen LogP contribution >= 0.6 is 92.3 Å². The quantitative estimate of drug-likeness (QED) is 0.159. The van der Waals surface area contributed by atoms with E-state index in [-0.39, 0.29) is 118 Å². The van der Waals surface area contributed by atoms with Crippen molar-refractivity contribution in [2.75, 3.05) is 78.7 Å². The minimum Gasteiger partial charge on any atom is -0.464 e. The zero-order valence-corrected chi connectivity index (χ0v) is 47.9. The molecule has 2 N–H and O–H groups in total. The lowest BCUT2D eigenvalue weighted by molar-refractivity contribution is -0.156. The molecule has 3 aliphatic heterocycles. The lowest BCUT2D eigenvalue weighted by Gasteiger charge is -2.37. The van der Waals surface area contributed by atoms with E-state index in [0.29, 0.717) is 50.4 Å². The molecule has 69 heavy (non-hydrogen) atoms. The monoisotopic (exact) mass is 1090 g/mol. The zero-order valence-electron chi connectivity index (χ0n) is 41.1. The zero-order chi connectivity index (χ0) is 44.6. The van der Waals surface area contributed by atoms with Crippen LogP contribution in [-0.4, -0.2) is 128 Å². The first-order valence-electron chi connectivity index (χ1n) is 22.6. The first kappa shape index (κ1) is 62.8. The van der Waals surface area contributed by atoms with E-state index in [1.54, 1.807) is 14.2 Å². The van der Waals surface area contributed by atoms with Gasteiger partial charge < -0.3 is 38.6 Å². The van der Waals surface area contributed by atoms with Crippen LogP contribution in [0.1, 0.15) is 82.4 Å². The van der Waals surface area contributed by atoms with Gasteiger partial charge in [0, 0.05) is 105 Å². The van der Waals surface area contributed by atoms with Crippen molar-refractivity contribution in [2.24, 2.45) is 17.3 Å². The topological polar surface area (TPSA) is 153 Å². The highest BCUT2D eigenvalue weighted by atomic mass is 32.1. The smallest absolute Gasteiger partial charge is 0.324 e. The lowest BCUT2D eigenvalue weighted by atomic mass is 9.84. The SMILES string of the molecule is CCO[C@@H]1c2nc(cs2)-c2ccc3c(c2)c(c(-c2cc(N4CCN(C)CC4)cnc2[C@H](C)OC)n3CC)CC(C)(C)COC(=O)[C@@H]2CCCN(N2)C(=O)[C@H]1NC(=O)[C@H]1C[C@@H]1COC.S.S.S.S.S.S. The summed E-state index contributed by atoms with van der Waals surface area (Å²) in [4.78, 5) is 57.4. The molecule has 3 fully saturated rings. The summed E-state index contributed by atoms with van der Waals surface area (Å²) in [7, 11) is 5.51. The first-order chi connectivity index (χ1) is 30.3. The number of esters is 1. The Balaban J connectivity index is 0.00000272. The van der Waals surface area contributed by atoms with Gasteiger partial charge in [-0.25, -0.2) is 10.4 Å². The Kier molecular flexibility index (Phi) is 24.6. The molecule has 0 spiro atoms. The van der Waals surface area contributed by atoms with Crippen LogP contribution in [0, 0.1) is 17.3 Å². The van der Waals surface area contributed by atoms with Gasteiger partial charge in [-0.05, 0) is 83.2 Å². The number of rotatable bonds is 11. The molecule has 1 aliphatic carbocycles. The van der Waals surface area contributed by atoms with Crippen molar-refractivity contribution in [3.63, 3.8) is 0 Å². The molecule has 6 heterocycles. The maximum atomic E-state index is 14.6. The van der Waals surface area contributed by atoms with Crippen LogP contribution in [0.3, 0.4) is 0 Å². The molecular weight excluding hydrogens is 1010 g/mol. The number of aromatic nitrogens is 3. The highest BCUT2D eigenvalue weighted by Gasteiger charge is 2.46. The normalized spacial score (nSPS) is 22.7. The number of fused-ring (bicyclic) bond motifs is 6. The average molecular weight is 1090 g/mol. The number of nitrogens with zero attached hydrogens (tertiary/aromatic N) is 6. The summed E-state index contributed by atoms with van der Waals surface area (Å²) in [5, 5.41) is 8.17. The Bertz CT molecular complexity index is 2330. The number of amides is 2. The van der Waals surface area contributed by atoms with Crippen molar-refractivity contribution < 1.29 is 33.3 Å². The van der Waals surface area contributed by atoms with Gasteiger partial charge in [-0.1, -0.05) is 19.9 Å². The standard InChI is InChI=1S/C47H64N8O7S.6H2S/c1-9-54-38-14-13-29-20-33(38)35(41(54)34-22-31(24-48-39(34)28(3)60-8)53-18-16-52(6)17-19-53)23-47(4,5)27-62-46(58)36-12-11-15-55(51-36)45(57)40(50-43(56)32-21-30(32)25-59-7)42(61-10-2)44-49-37(29)26-63-44;;;;;;/h13-14,20,22,24,26,28,30,32,36,40,42,51H,9-12,15-19,21,23,25,27H2,1-8H3,(H,50,56);6*1H2/t28-,30+,32-,36-,40-,42-;;;;;;/m0....../s1. The first-order valence-corrected chi connectivity index (χ1v) is 23.4. The lowest BCUT2D eigenvalue weighted by Crippen LogP contribution is -2.61. The second-order valence-electron chi connectivity index (χ2n) is 18.4. The summed E-state index contributed by atoms with van der Waals surface area (Å²) in [6.07, 6.45) is 3.18. The van der Waals surface area contributed by atoms with Crippen LogP contribution in [0.25, 0.3) is 33.4 Å². The molecule has 0 unspecified atom stereocenters. The number of pyridine rings is 1. The van der Waals surface area contributed by atoms with Gasteiger partial charge in [0.1, 0.15) is 23.2 Å². The van der Waals surface area contributed by atoms with Crippen LogP contribution in [-0.2, 0) is 46.3 Å². The van der Waals surface area contributed by atoms with Crippen LogP contribution in [0.4, 0.5) is 5.69 Å². The number of thiazole rings is 1. The summed E-state index contributed by atoms with van der Waals surface area (Å²) >= 11 is 1.40. The van der Waals surface area contributed by atoms with Crippen molar-refractivity contribution in [2.45, 2.75) is 91.1 Å². The number of carbonyl (C=O) groups is 3. The number of aryl methyl sites for hydroxylation is 1. The number of methoxy groups -OCH3 is 2. The fourth-order valence-corrected chi connectivity index (χ4v) is 10.4. The maximum absolute atomic E-state index is 14.6. The Labute approximate surface area is 453 Å². The third kappa shape index (κ3) is 13.6. The van der Waals surface area contributed by atoms with Crippen molar-refractivity contribution >= 4 is 127 Å². The highest BCUT2D eigenvalue weighted by Crippen LogP contribution is 2.44. The van der Waals surface area contributed by atoms with Crippen LogP contribution in [0.2, 0.25) is 0 Å². The van der Waals surface area contributed by atoms with Crippen molar-refractivity contribution in [1.29, 1.82) is 0 Å². The van der Waals surface area contributed by atoms with Crippen molar-refractivity contribution in [1.82, 2.24) is 35.2 Å². The van der Waals surface area contributed by atoms with E-state index in [0.717, 1.165) is 76.5 Å². The molecule has 388 valence electrons. The average Bonchev–Trinajstić information content (AvgIpc) is 3.77. The summed E-state index contributed by atoms with van der Waals surface area (Å²) in [6.45, 7) is 16.1. The third-order valence-corrected chi connectivity index (χ3v) is 14.1. The van der Waals surface area contributed by atoms with Crippen molar-refractivity contribution in [3.05, 3.63) is 52.1 Å². The van der Waals surface area contributed by atoms with E-state index in [4.69, 9.17) is 28.9 Å². The number of hydrogen-bond donors (Lipinski definition) is 2. The van der Waals surface area contributed by atoms with Gasteiger partial charge in [0.25, 0.3) is 5.91 Å². The van der Waals surface area contributed by atoms with Gasteiger partial charge in [-0.2, -0.15) is 81.0 Å². The van der Waals surface area contributed by atoms with E-state index in [1.165, 1.54) is 16.3 Å². The predicted octanol–water partition coefficient (Wildman–Crippen LogP) is 6.45. The minimum atomic E-state index is -1.10. The predicted molar refractivity (Wildman–Crippen MR) is 305 cm³/mol. The molecule has 6 atom stereocenters. The van der Waals surface area contributed by atoms with Gasteiger partial charge in [0.05, 0.1) is 41.7 Å². The number of nitrogens with one attached hydrogen (secondary N) is 2. The largest absolute Gasteiger partial charge is 0.464 e. The fourth-order valence-electron chi connectivity index (χ4n) is 9.44. The number of carbonyl (C=O) groups excluding carboxylic acids is 3. The van der Waals surface area contributed by atoms with E-state index in [9.17, 15) is 14.4 Å². The molecule has 15 nitrogen and oxygen atoms in total. The Morgan fingerprint density at radius 3 is 2.42 bits per heavy atom. The molecule has 8 rings (SSSR count). The van der Waals surface area contributed by atoms with Crippen LogP contribution < -0.4 is 15.6 Å². The number of hydrogen-bond acceptors (Lipinski definition) is 13. The number of benzene rings is 1. The summed E-state index contributed by atoms with van der Waals surface area (Å²) in [5.74, 6) is -1.22.